The zero-order valence-corrected chi connectivity index (χ0v) is 13.9. The van der Waals surface area contributed by atoms with Crippen molar-refractivity contribution in [3.8, 4) is 0 Å². The van der Waals surface area contributed by atoms with Gasteiger partial charge in [-0.2, -0.15) is 0 Å². The van der Waals surface area contributed by atoms with Crippen LogP contribution in [-0.2, 0) is 12.8 Å². The second-order valence-corrected chi connectivity index (χ2v) is 6.09. The second-order valence-electron chi connectivity index (χ2n) is 5.06. The molecule has 0 amide bonds. The molecule has 1 N–H and O–H groups in total. The van der Waals surface area contributed by atoms with Crippen molar-refractivity contribution in [1.29, 1.82) is 0 Å². The Kier molecular flexibility index (Phi) is 5.99. The van der Waals surface area contributed by atoms with Crippen LogP contribution >= 0.6 is 11.3 Å². The monoisotopic (exact) mass is 304 g/mol. The van der Waals surface area contributed by atoms with E-state index in [4.69, 9.17) is 0 Å². The first-order valence-electron chi connectivity index (χ1n) is 7.58. The summed E-state index contributed by atoms with van der Waals surface area (Å²) in [5.74, 6) is 2.85. The minimum atomic E-state index is 0.876. The Balaban J connectivity index is 2.08. The van der Waals surface area contributed by atoms with Gasteiger partial charge in [0.05, 0.1) is 0 Å². The number of likely N-dealkylation sites (N-methyl/N-ethyl adjacent to an activating group) is 1. The molecule has 0 radical (unpaired) electrons. The zero-order valence-electron chi connectivity index (χ0n) is 13.1. The maximum absolute atomic E-state index is 4.68. The van der Waals surface area contributed by atoms with Crippen LogP contribution in [0.15, 0.2) is 23.6 Å². The van der Waals surface area contributed by atoms with Gasteiger partial charge in [0, 0.05) is 37.5 Å². The van der Waals surface area contributed by atoms with Gasteiger partial charge in [0.2, 0.25) is 0 Å². The summed E-state index contributed by atoms with van der Waals surface area (Å²) >= 11 is 1.81. The minimum absolute atomic E-state index is 0.876. The lowest BCUT2D eigenvalue weighted by Gasteiger charge is -2.19. The molecule has 0 saturated heterocycles. The predicted molar refractivity (Wildman–Crippen MR) is 91.5 cm³/mol. The number of hydrogen-bond acceptors (Lipinski definition) is 5. The van der Waals surface area contributed by atoms with Crippen LogP contribution in [0.1, 0.15) is 31.0 Å². The van der Waals surface area contributed by atoms with E-state index in [0.29, 0.717) is 0 Å². The van der Waals surface area contributed by atoms with E-state index >= 15 is 0 Å². The summed E-state index contributed by atoms with van der Waals surface area (Å²) < 4.78 is 0. The van der Waals surface area contributed by atoms with Crippen molar-refractivity contribution in [3.05, 3.63) is 34.3 Å². The maximum atomic E-state index is 4.68. The molecule has 2 aromatic rings. The third-order valence-corrected chi connectivity index (χ3v) is 4.19. The summed E-state index contributed by atoms with van der Waals surface area (Å²) in [7, 11) is 2.10. The van der Waals surface area contributed by atoms with Crippen LogP contribution < -0.4 is 10.2 Å². The van der Waals surface area contributed by atoms with Crippen LogP contribution in [0.2, 0.25) is 0 Å². The molecule has 2 aromatic heterocycles. The molecule has 4 nitrogen and oxygen atoms in total. The van der Waals surface area contributed by atoms with Crippen molar-refractivity contribution >= 4 is 23.0 Å². The quantitative estimate of drug-likeness (QED) is 0.809. The molecule has 21 heavy (non-hydrogen) atoms. The second kappa shape index (κ2) is 7.98. The molecule has 0 atom stereocenters. The molecule has 0 fully saturated rings. The number of aromatic nitrogens is 2. The van der Waals surface area contributed by atoms with Gasteiger partial charge in [0.1, 0.15) is 17.5 Å². The van der Waals surface area contributed by atoms with Crippen LogP contribution in [0.3, 0.4) is 0 Å². The minimum Gasteiger partial charge on any atom is -0.370 e. The summed E-state index contributed by atoms with van der Waals surface area (Å²) in [5, 5.41) is 5.42. The van der Waals surface area contributed by atoms with Gasteiger partial charge in [-0.25, -0.2) is 9.97 Å². The van der Waals surface area contributed by atoms with E-state index in [9.17, 15) is 0 Å². The summed E-state index contributed by atoms with van der Waals surface area (Å²) in [6, 6.07) is 6.33. The van der Waals surface area contributed by atoms with E-state index in [2.05, 4.69) is 58.6 Å². The van der Waals surface area contributed by atoms with E-state index in [1.54, 1.807) is 0 Å². The first-order chi connectivity index (χ1) is 10.2. The lowest BCUT2D eigenvalue weighted by Crippen LogP contribution is -2.22. The molecule has 0 bridgehead atoms. The number of anilines is 2. The highest BCUT2D eigenvalue weighted by Crippen LogP contribution is 2.17. The van der Waals surface area contributed by atoms with E-state index in [1.807, 2.05) is 17.4 Å². The van der Waals surface area contributed by atoms with Crippen molar-refractivity contribution in [1.82, 2.24) is 9.97 Å². The molecule has 0 spiro atoms. The van der Waals surface area contributed by atoms with E-state index in [-0.39, 0.29) is 0 Å². The lowest BCUT2D eigenvalue weighted by atomic mass is 10.3. The number of rotatable bonds is 8. The SMILES string of the molecule is CCCc1nc(NCC)cc(N(C)CCc2cccs2)n1. The van der Waals surface area contributed by atoms with Crippen molar-refractivity contribution in [2.24, 2.45) is 0 Å². The highest BCUT2D eigenvalue weighted by atomic mass is 32.1. The van der Waals surface area contributed by atoms with Crippen molar-refractivity contribution in [3.63, 3.8) is 0 Å². The molecular weight excluding hydrogens is 280 g/mol. The predicted octanol–water partition coefficient (Wildman–Crippen LogP) is 3.60. The van der Waals surface area contributed by atoms with Gasteiger partial charge in [-0.05, 0) is 31.2 Å². The lowest BCUT2D eigenvalue weighted by molar-refractivity contribution is 0.808. The molecule has 0 aliphatic rings. The van der Waals surface area contributed by atoms with Gasteiger partial charge in [-0.3, -0.25) is 0 Å². The first kappa shape index (κ1) is 15.8. The number of nitrogens with one attached hydrogen (secondary N) is 1. The smallest absolute Gasteiger partial charge is 0.134 e. The normalized spacial score (nSPS) is 10.6. The number of hydrogen-bond donors (Lipinski definition) is 1. The molecule has 0 unspecified atom stereocenters. The summed E-state index contributed by atoms with van der Waals surface area (Å²) in [4.78, 5) is 12.9. The Morgan fingerprint density at radius 3 is 2.76 bits per heavy atom. The average Bonchev–Trinajstić information content (AvgIpc) is 2.98. The van der Waals surface area contributed by atoms with Crippen LogP contribution in [-0.4, -0.2) is 30.1 Å². The number of aryl methyl sites for hydroxylation is 1. The summed E-state index contributed by atoms with van der Waals surface area (Å²) in [6.07, 6.45) is 3.04. The van der Waals surface area contributed by atoms with Gasteiger partial charge in [0.25, 0.3) is 0 Å². The van der Waals surface area contributed by atoms with Gasteiger partial charge in [-0.1, -0.05) is 13.0 Å². The van der Waals surface area contributed by atoms with E-state index in [1.165, 1.54) is 4.88 Å². The highest BCUT2D eigenvalue weighted by Gasteiger charge is 2.08. The fraction of sp³-hybridized carbons (Fsp3) is 0.500. The van der Waals surface area contributed by atoms with Crippen LogP contribution in [0.25, 0.3) is 0 Å². The molecule has 0 aliphatic carbocycles. The van der Waals surface area contributed by atoms with Gasteiger partial charge in [0.15, 0.2) is 0 Å². The van der Waals surface area contributed by atoms with Crippen LogP contribution in [0, 0.1) is 0 Å². The van der Waals surface area contributed by atoms with Crippen molar-refractivity contribution < 1.29 is 0 Å². The molecule has 0 saturated carbocycles. The van der Waals surface area contributed by atoms with Crippen LogP contribution in [0.5, 0.6) is 0 Å². The fourth-order valence-electron chi connectivity index (χ4n) is 2.13. The molecule has 2 rings (SSSR count). The van der Waals surface area contributed by atoms with E-state index < -0.39 is 0 Å². The Bertz CT molecular complexity index is 515. The molecule has 0 aliphatic heterocycles. The third-order valence-electron chi connectivity index (χ3n) is 3.26. The van der Waals surface area contributed by atoms with Crippen LogP contribution in [0.4, 0.5) is 11.6 Å². The maximum Gasteiger partial charge on any atom is 0.134 e. The summed E-state index contributed by atoms with van der Waals surface area (Å²) in [6.45, 7) is 6.08. The highest BCUT2D eigenvalue weighted by molar-refractivity contribution is 7.09. The number of thiophene rings is 1. The Labute approximate surface area is 131 Å². The molecule has 0 aromatic carbocycles. The van der Waals surface area contributed by atoms with Crippen molar-refractivity contribution in [2.45, 2.75) is 33.1 Å². The number of nitrogens with zero attached hydrogens (tertiary/aromatic N) is 3. The topological polar surface area (TPSA) is 41.1 Å². The Morgan fingerprint density at radius 2 is 2.10 bits per heavy atom. The molecule has 114 valence electrons. The Hall–Kier alpha value is -1.62. The van der Waals surface area contributed by atoms with Crippen molar-refractivity contribution in [2.75, 3.05) is 30.4 Å². The van der Waals surface area contributed by atoms with Gasteiger partial charge < -0.3 is 10.2 Å². The third kappa shape index (κ3) is 4.70. The van der Waals surface area contributed by atoms with Gasteiger partial charge in [-0.15, -0.1) is 11.3 Å². The molecule has 5 heteroatoms. The fourth-order valence-corrected chi connectivity index (χ4v) is 2.83. The van der Waals surface area contributed by atoms with Gasteiger partial charge >= 0.3 is 0 Å². The largest absolute Gasteiger partial charge is 0.370 e. The van der Waals surface area contributed by atoms with E-state index in [0.717, 1.165) is 49.8 Å². The first-order valence-corrected chi connectivity index (χ1v) is 8.46. The molecule has 2 heterocycles. The Morgan fingerprint density at radius 1 is 1.24 bits per heavy atom. The average molecular weight is 304 g/mol. The molecular formula is C16H24N4S. The summed E-state index contributed by atoms with van der Waals surface area (Å²) in [5.41, 5.74) is 0. The standard InChI is InChI=1S/C16H24N4S/c1-4-7-14-18-15(17-5-2)12-16(19-14)20(3)10-9-13-8-6-11-21-13/h6,8,11-12H,4-5,7,9-10H2,1-3H3,(H,17,18,19). The zero-order chi connectivity index (χ0) is 15.1.